The molecule has 0 saturated carbocycles. The molecule has 2 aromatic carbocycles. The van der Waals surface area contributed by atoms with Gasteiger partial charge < -0.3 is 0 Å². The Labute approximate surface area is 104 Å². The van der Waals surface area contributed by atoms with Crippen LogP contribution in [-0.2, 0) is 10.1 Å². The molecule has 1 aromatic heterocycles. The van der Waals surface area contributed by atoms with Crippen molar-refractivity contribution in [3.8, 4) is 0 Å². The van der Waals surface area contributed by atoms with E-state index < -0.39 is 10.1 Å². The molecular formula is C13H9NO3S. The minimum Gasteiger partial charge on any atom is -0.282 e. The van der Waals surface area contributed by atoms with Crippen LogP contribution in [0.2, 0.25) is 0 Å². The lowest BCUT2D eigenvalue weighted by molar-refractivity contribution is 0.484. The van der Waals surface area contributed by atoms with Crippen LogP contribution in [0.3, 0.4) is 0 Å². The molecule has 18 heavy (non-hydrogen) atoms. The van der Waals surface area contributed by atoms with Gasteiger partial charge in [0.15, 0.2) is 0 Å². The first-order chi connectivity index (χ1) is 8.55. The fraction of sp³-hybridized carbons (Fsp3) is 0. The van der Waals surface area contributed by atoms with Crippen molar-refractivity contribution in [2.75, 3.05) is 0 Å². The molecule has 0 radical (unpaired) electrons. The van der Waals surface area contributed by atoms with Crippen molar-refractivity contribution >= 4 is 31.9 Å². The van der Waals surface area contributed by atoms with Crippen molar-refractivity contribution in [3.63, 3.8) is 0 Å². The van der Waals surface area contributed by atoms with Gasteiger partial charge in [0.25, 0.3) is 10.1 Å². The number of aromatic nitrogens is 1. The van der Waals surface area contributed by atoms with Gasteiger partial charge in [-0.05, 0) is 24.3 Å². The quantitative estimate of drug-likeness (QED) is 0.539. The third kappa shape index (κ3) is 1.73. The van der Waals surface area contributed by atoms with Crippen LogP contribution < -0.4 is 0 Å². The van der Waals surface area contributed by atoms with Crippen molar-refractivity contribution in [1.82, 2.24) is 4.98 Å². The van der Waals surface area contributed by atoms with E-state index in [1.807, 2.05) is 24.3 Å². The summed E-state index contributed by atoms with van der Waals surface area (Å²) in [5.41, 5.74) is 1.33. The summed E-state index contributed by atoms with van der Waals surface area (Å²) in [5.74, 6) is 0. The smallest absolute Gasteiger partial charge is 0.282 e. The van der Waals surface area contributed by atoms with E-state index in [-0.39, 0.29) is 4.90 Å². The molecule has 0 amide bonds. The molecule has 0 aliphatic rings. The zero-order valence-corrected chi connectivity index (χ0v) is 10.1. The summed E-state index contributed by atoms with van der Waals surface area (Å²) in [6.45, 7) is 0. The average molecular weight is 259 g/mol. The van der Waals surface area contributed by atoms with Gasteiger partial charge in [-0.15, -0.1) is 0 Å². The minimum atomic E-state index is -4.24. The van der Waals surface area contributed by atoms with E-state index >= 15 is 0 Å². The Morgan fingerprint density at radius 2 is 1.67 bits per heavy atom. The minimum absolute atomic E-state index is 0.113. The van der Waals surface area contributed by atoms with Gasteiger partial charge >= 0.3 is 0 Å². The summed E-state index contributed by atoms with van der Waals surface area (Å²) in [6, 6.07) is 13.8. The molecule has 90 valence electrons. The molecule has 0 unspecified atom stereocenters. The highest BCUT2D eigenvalue weighted by molar-refractivity contribution is 7.86. The molecular weight excluding hydrogens is 250 g/mol. The molecule has 0 aliphatic heterocycles. The van der Waals surface area contributed by atoms with Crippen LogP contribution in [0.4, 0.5) is 0 Å². The predicted octanol–water partition coefficient (Wildman–Crippen LogP) is 2.63. The maximum absolute atomic E-state index is 11.3. The van der Waals surface area contributed by atoms with E-state index in [1.165, 1.54) is 6.07 Å². The van der Waals surface area contributed by atoms with E-state index in [2.05, 4.69) is 4.98 Å². The van der Waals surface area contributed by atoms with E-state index in [0.717, 1.165) is 10.9 Å². The molecule has 0 aliphatic carbocycles. The molecule has 5 heteroatoms. The molecule has 3 aromatic rings. The third-order valence-corrected chi connectivity index (χ3v) is 3.71. The Hall–Kier alpha value is -1.98. The summed E-state index contributed by atoms with van der Waals surface area (Å²) < 4.78 is 31.8. The Morgan fingerprint density at radius 3 is 2.44 bits per heavy atom. The summed E-state index contributed by atoms with van der Waals surface area (Å²) in [5, 5.41) is 1.26. The second-order valence-electron chi connectivity index (χ2n) is 3.98. The molecule has 1 N–H and O–H groups in total. The lowest BCUT2D eigenvalue weighted by Gasteiger charge is -2.05. The lowest BCUT2D eigenvalue weighted by Crippen LogP contribution is -1.99. The zero-order chi connectivity index (χ0) is 12.8. The zero-order valence-electron chi connectivity index (χ0n) is 9.24. The lowest BCUT2D eigenvalue weighted by atomic mass is 10.1. The molecule has 3 rings (SSSR count). The van der Waals surface area contributed by atoms with Crippen LogP contribution in [0.25, 0.3) is 21.8 Å². The summed E-state index contributed by atoms with van der Waals surface area (Å²) in [4.78, 5) is 4.26. The maximum Gasteiger partial charge on any atom is 0.295 e. The van der Waals surface area contributed by atoms with E-state index in [4.69, 9.17) is 0 Å². The van der Waals surface area contributed by atoms with Crippen molar-refractivity contribution in [1.29, 1.82) is 0 Å². The number of fused-ring (bicyclic) bond motifs is 2. The maximum atomic E-state index is 11.3. The van der Waals surface area contributed by atoms with Crippen LogP contribution in [0, 0.1) is 0 Å². The van der Waals surface area contributed by atoms with Gasteiger partial charge in [-0.3, -0.25) is 4.55 Å². The van der Waals surface area contributed by atoms with Crippen molar-refractivity contribution in [2.45, 2.75) is 4.90 Å². The van der Waals surface area contributed by atoms with Crippen molar-refractivity contribution < 1.29 is 13.0 Å². The standard InChI is InChI=1S/C13H9NO3S/c15-18(16,17)13-7-3-6-12-10(13)8-9-4-1-2-5-11(9)14-12/h1-8H,(H,15,16,17). The number of nitrogens with zero attached hydrogens (tertiary/aromatic N) is 1. The fourth-order valence-electron chi connectivity index (χ4n) is 2.00. The highest BCUT2D eigenvalue weighted by Gasteiger charge is 2.14. The van der Waals surface area contributed by atoms with Crippen molar-refractivity contribution in [3.05, 3.63) is 48.5 Å². The molecule has 0 saturated heterocycles. The Morgan fingerprint density at radius 1 is 0.944 bits per heavy atom. The number of para-hydroxylation sites is 1. The van der Waals surface area contributed by atoms with Gasteiger partial charge in [0.1, 0.15) is 4.90 Å². The molecule has 1 heterocycles. The third-order valence-electron chi connectivity index (χ3n) is 2.80. The van der Waals surface area contributed by atoms with Gasteiger partial charge in [-0.2, -0.15) is 8.42 Å². The molecule has 0 atom stereocenters. The van der Waals surface area contributed by atoms with Crippen molar-refractivity contribution in [2.24, 2.45) is 0 Å². The summed E-state index contributed by atoms with van der Waals surface area (Å²) in [6.07, 6.45) is 0. The molecule has 4 nitrogen and oxygen atoms in total. The first-order valence-corrected chi connectivity index (χ1v) is 6.76. The first-order valence-electron chi connectivity index (χ1n) is 5.32. The molecule has 0 spiro atoms. The van der Waals surface area contributed by atoms with Crippen LogP contribution >= 0.6 is 0 Å². The van der Waals surface area contributed by atoms with Gasteiger partial charge in [0.05, 0.1) is 11.0 Å². The largest absolute Gasteiger partial charge is 0.295 e. The number of rotatable bonds is 1. The number of pyridine rings is 1. The normalized spacial score (nSPS) is 12.1. The van der Waals surface area contributed by atoms with E-state index in [9.17, 15) is 13.0 Å². The van der Waals surface area contributed by atoms with E-state index in [1.54, 1.807) is 18.2 Å². The Bertz CT molecular complexity index is 856. The van der Waals surface area contributed by atoms with Crippen LogP contribution in [-0.4, -0.2) is 18.0 Å². The fourth-order valence-corrected chi connectivity index (χ4v) is 2.69. The van der Waals surface area contributed by atoms with Crippen LogP contribution in [0.5, 0.6) is 0 Å². The topological polar surface area (TPSA) is 67.3 Å². The number of hydrogen-bond donors (Lipinski definition) is 1. The highest BCUT2D eigenvalue weighted by Crippen LogP contribution is 2.25. The van der Waals surface area contributed by atoms with Gasteiger partial charge in [0.2, 0.25) is 0 Å². The second kappa shape index (κ2) is 3.76. The molecule has 0 fully saturated rings. The van der Waals surface area contributed by atoms with Gasteiger partial charge in [-0.1, -0.05) is 24.3 Å². The van der Waals surface area contributed by atoms with Crippen LogP contribution in [0.15, 0.2) is 53.4 Å². The summed E-state index contributed by atoms with van der Waals surface area (Å²) >= 11 is 0. The van der Waals surface area contributed by atoms with E-state index in [0.29, 0.717) is 10.9 Å². The Balaban J connectivity index is 2.51. The predicted molar refractivity (Wildman–Crippen MR) is 69.1 cm³/mol. The average Bonchev–Trinajstić information content (AvgIpc) is 2.34. The monoisotopic (exact) mass is 259 g/mol. The first kappa shape index (κ1) is 11.1. The highest BCUT2D eigenvalue weighted by atomic mass is 32.2. The van der Waals surface area contributed by atoms with Crippen LogP contribution in [0.1, 0.15) is 0 Å². The number of hydrogen-bond acceptors (Lipinski definition) is 3. The molecule has 0 bridgehead atoms. The summed E-state index contributed by atoms with van der Waals surface area (Å²) in [7, 11) is -4.24. The second-order valence-corrected chi connectivity index (χ2v) is 5.37. The van der Waals surface area contributed by atoms with Gasteiger partial charge in [0, 0.05) is 10.8 Å². The van der Waals surface area contributed by atoms with Gasteiger partial charge in [-0.25, -0.2) is 4.98 Å². The SMILES string of the molecule is O=S(=O)(O)c1cccc2nc3ccccc3cc12. The Kier molecular flexibility index (Phi) is 2.33. The number of benzene rings is 2.